The molecule has 0 heterocycles. The normalized spacial score (nSPS) is 10.6. The Hall–Kier alpha value is -2.24. The van der Waals surface area contributed by atoms with E-state index in [1.54, 1.807) is 0 Å². The quantitative estimate of drug-likeness (QED) is 0.458. The molecule has 2 aromatic rings. The van der Waals surface area contributed by atoms with Gasteiger partial charge in [0, 0.05) is 5.56 Å². The molecular weight excluding hydrogens is 267 g/mol. The van der Waals surface area contributed by atoms with Crippen LogP contribution in [0.25, 0.3) is 11.1 Å². The van der Waals surface area contributed by atoms with Gasteiger partial charge in [-0.1, -0.05) is 6.07 Å². The van der Waals surface area contributed by atoms with Crippen LogP contribution in [0.4, 0.5) is 22.0 Å². The lowest BCUT2D eigenvalue weighted by Gasteiger charge is -2.06. The molecule has 19 heavy (non-hydrogen) atoms. The summed E-state index contributed by atoms with van der Waals surface area (Å²) < 4.78 is 64.7. The summed E-state index contributed by atoms with van der Waals surface area (Å²) >= 11 is 0. The van der Waals surface area contributed by atoms with Crippen LogP contribution < -0.4 is 0 Å². The topological polar surface area (TPSA) is 17.1 Å². The highest BCUT2D eigenvalue weighted by atomic mass is 19.2. The molecule has 2 rings (SSSR count). The molecule has 0 aromatic heterocycles. The van der Waals surface area contributed by atoms with E-state index in [4.69, 9.17) is 0 Å². The molecule has 0 aliphatic heterocycles. The highest BCUT2D eigenvalue weighted by Crippen LogP contribution is 2.27. The first-order valence-electron chi connectivity index (χ1n) is 5.04. The predicted molar refractivity (Wildman–Crippen MR) is 57.1 cm³/mol. The Morgan fingerprint density at radius 1 is 0.842 bits per heavy atom. The molecule has 1 nitrogen and oxygen atoms in total. The molecular formula is C13H5F5O. The van der Waals surface area contributed by atoms with Crippen LogP contribution in [-0.2, 0) is 0 Å². The van der Waals surface area contributed by atoms with Gasteiger partial charge in [0.1, 0.15) is 5.82 Å². The third-order valence-corrected chi connectivity index (χ3v) is 2.49. The zero-order valence-electron chi connectivity index (χ0n) is 9.18. The van der Waals surface area contributed by atoms with Crippen LogP contribution >= 0.6 is 0 Å². The molecule has 2 aromatic carbocycles. The van der Waals surface area contributed by atoms with Gasteiger partial charge in [-0.3, -0.25) is 4.79 Å². The second kappa shape index (κ2) is 4.79. The molecule has 6 heteroatoms. The van der Waals surface area contributed by atoms with Crippen LogP contribution in [-0.4, -0.2) is 6.04 Å². The summed E-state index contributed by atoms with van der Waals surface area (Å²) in [7, 11) is 0. The van der Waals surface area contributed by atoms with Crippen LogP contribution in [0.1, 0.15) is 10.4 Å². The lowest BCUT2D eigenvalue weighted by molar-refractivity contribution is 0.0835. The van der Waals surface area contributed by atoms with Gasteiger partial charge in [0.05, 0.1) is 5.56 Å². The van der Waals surface area contributed by atoms with Crippen molar-refractivity contribution < 1.29 is 26.7 Å². The van der Waals surface area contributed by atoms with Crippen molar-refractivity contribution in [3.63, 3.8) is 0 Å². The summed E-state index contributed by atoms with van der Waals surface area (Å²) in [6, 6.07) is 1.91. The zero-order chi connectivity index (χ0) is 14.2. The van der Waals surface area contributed by atoms with E-state index < -0.39 is 34.9 Å². The number of halogens is 5. The summed E-state index contributed by atoms with van der Waals surface area (Å²) in [5, 5.41) is 0. The van der Waals surface area contributed by atoms with Crippen molar-refractivity contribution in [2.24, 2.45) is 0 Å². The first kappa shape index (κ1) is 13.2. The molecule has 0 spiro atoms. The lowest BCUT2D eigenvalue weighted by Crippen LogP contribution is -1.96. The van der Waals surface area contributed by atoms with Gasteiger partial charge in [0.25, 0.3) is 0 Å². The maximum atomic E-state index is 13.6. The standard InChI is InChI=1S/C13H5F5O/c14-9-3-6(13(18)19)1-2-8(9)7-4-10(15)12(17)11(16)5-7/h1-5H. The van der Waals surface area contributed by atoms with E-state index in [1.165, 1.54) is 0 Å². The Morgan fingerprint density at radius 2 is 1.42 bits per heavy atom. The highest BCUT2D eigenvalue weighted by Gasteiger charge is 2.15. The molecule has 0 bridgehead atoms. The van der Waals surface area contributed by atoms with Crippen molar-refractivity contribution in [1.82, 2.24) is 0 Å². The second-order valence-electron chi connectivity index (χ2n) is 3.72. The molecule has 0 unspecified atom stereocenters. The van der Waals surface area contributed by atoms with Crippen molar-refractivity contribution in [3.8, 4) is 11.1 Å². The number of carbonyl (C=O) groups excluding carboxylic acids is 1. The highest BCUT2D eigenvalue weighted by molar-refractivity contribution is 5.89. The minimum absolute atomic E-state index is 0.258. The van der Waals surface area contributed by atoms with E-state index in [0.717, 1.165) is 12.1 Å². The fraction of sp³-hybridized carbons (Fsp3) is 0. The van der Waals surface area contributed by atoms with Gasteiger partial charge in [-0.15, -0.1) is 0 Å². The molecule has 0 saturated heterocycles. The van der Waals surface area contributed by atoms with Crippen molar-refractivity contribution in [3.05, 3.63) is 59.2 Å². The van der Waals surface area contributed by atoms with Crippen LogP contribution in [0.15, 0.2) is 30.3 Å². The maximum Gasteiger partial charge on any atom is 0.332 e. The molecule has 0 aliphatic carbocycles. The summed E-state index contributed by atoms with van der Waals surface area (Å²) in [5.74, 6) is -5.66. The minimum atomic E-state index is -1.83. The number of hydrogen-bond donors (Lipinski definition) is 0. The largest absolute Gasteiger partial charge is 0.332 e. The third-order valence-electron chi connectivity index (χ3n) is 2.49. The Balaban J connectivity index is 2.56. The van der Waals surface area contributed by atoms with Gasteiger partial charge in [-0.05, 0) is 29.8 Å². The van der Waals surface area contributed by atoms with Gasteiger partial charge in [0.2, 0.25) is 0 Å². The van der Waals surface area contributed by atoms with E-state index in [1.807, 2.05) is 0 Å². The second-order valence-corrected chi connectivity index (χ2v) is 3.72. The monoisotopic (exact) mass is 272 g/mol. The average molecular weight is 272 g/mol. The van der Waals surface area contributed by atoms with Gasteiger partial charge >= 0.3 is 6.04 Å². The molecule has 0 radical (unpaired) electrons. The summed E-state index contributed by atoms with van der Waals surface area (Å²) in [4.78, 5) is 10.4. The van der Waals surface area contributed by atoms with Gasteiger partial charge in [-0.25, -0.2) is 17.6 Å². The van der Waals surface area contributed by atoms with E-state index >= 15 is 0 Å². The lowest BCUT2D eigenvalue weighted by atomic mass is 10.0. The van der Waals surface area contributed by atoms with Gasteiger partial charge in [0.15, 0.2) is 17.5 Å². The molecule has 0 saturated carbocycles. The van der Waals surface area contributed by atoms with Crippen LogP contribution in [0, 0.1) is 23.3 Å². The third kappa shape index (κ3) is 2.47. The van der Waals surface area contributed by atoms with E-state index in [2.05, 4.69) is 0 Å². The first-order valence-corrected chi connectivity index (χ1v) is 5.04. The Morgan fingerprint density at radius 3 is 1.89 bits per heavy atom. The Kier molecular flexibility index (Phi) is 3.33. The van der Waals surface area contributed by atoms with Crippen LogP contribution in [0.3, 0.4) is 0 Å². The van der Waals surface area contributed by atoms with Crippen molar-refractivity contribution in [1.29, 1.82) is 0 Å². The van der Waals surface area contributed by atoms with Crippen molar-refractivity contribution in [2.75, 3.05) is 0 Å². The van der Waals surface area contributed by atoms with Crippen LogP contribution in [0.5, 0.6) is 0 Å². The fourth-order valence-corrected chi connectivity index (χ4v) is 1.58. The van der Waals surface area contributed by atoms with Gasteiger partial charge < -0.3 is 0 Å². The smallest absolute Gasteiger partial charge is 0.255 e. The van der Waals surface area contributed by atoms with Crippen molar-refractivity contribution in [2.45, 2.75) is 0 Å². The fourth-order valence-electron chi connectivity index (χ4n) is 1.58. The zero-order valence-corrected chi connectivity index (χ0v) is 9.18. The molecule has 0 atom stereocenters. The summed E-state index contributed by atoms with van der Waals surface area (Å²) in [6.45, 7) is 0. The maximum absolute atomic E-state index is 13.6. The van der Waals surface area contributed by atoms with E-state index in [0.29, 0.717) is 18.2 Å². The number of carbonyl (C=O) groups is 1. The van der Waals surface area contributed by atoms with Crippen LogP contribution in [0.2, 0.25) is 0 Å². The minimum Gasteiger partial charge on any atom is -0.255 e. The molecule has 98 valence electrons. The Bertz CT molecular complexity index is 643. The van der Waals surface area contributed by atoms with Gasteiger partial charge in [-0.2, -0.15) is 4.39 Å². The molecule has 0 amide bonds. The number of benzene rings is 2. The number of rotatable bonds is 2. The Labute approximate surface area is 104 Å². The molecule has 0 N–H and O–H groups in total. The molecule has 0 fully saturated rings. The van der Waals surface area contributed by atoms with E-state index in [9.17, 15) is 26.7 Å². The summed E-state index contributed by atoms with van der Waals surface area (Å²) in [6.07, 6.45) is 0. The average Bonchev–Trinajstić information content (AvgIpc) is 2.35. The molecule has 0 aliphatic rings. The predicted octanol–water partition coefficient (Wildman–Crippen LogP) is 4.02. The number of hydrogen-bond acceptors (Lipinski definition) is 1. The van der Waals surface area contributed by atoms with Crippen molar-refractivity contribution >= 4 is 6.04 Å². The SMILES string of the molecule is O=C(F)c1ccc(-c2cc(F)c(F)c(F)c2)c(F)c1. The summed E-state index contributed by atoms with van der Waals surface area (Å²) in [5.41, 5.74) is -1.06. The van der Waals surface area contributed by atoms with E-state index in [-0.39, 0.29) is 11.1 Å². The first-order chi connectivity index (χ1) is 8.90.